The molecule has 0 aliphatic carbocycles. The summed E-state index contributed by atoms with van der Waals surface area (Å²) in [7, 11) is 0. The van der Waals surface area contributed by atoms with E-state index in [4.69, 9.17) is 5.11 Å². The highest BCUT2D eigenvalue weighted by atomic mass is 16.4. The highest BCUT2D eigenvalue weighted by Gasteiger charge is 2.24. The molecule has 0 unspecified atom stereocenters. The van der Waals surface area contributed by atoms with Crippen molar-refractivity contribution in [2.24, 2.45) is 0 Å². The maximum Gasteiger partial charge on any atom is 0.305 e. The van der Waals surface area contributed by atoms with Crippen molar-refractivity contribution in [1.82, 2.24) is 4.90 Å². The topological polar surface area (TPSA) is 57.6 Å². The first-order valence-corrected chi connectivity index (χ1v) is 4.62. The fourth-order valence-electron chi connectivity index (χ4n) is 1.66. The van der Waals surface area contributed by atoms with Crippen molar-refractivity contribution in [1.29, 1.82) is 0 Å². The Morgan fingerprint density at radius 1 is 1.62 bits per heavy atom. The molecule has 1 atom stereocenters. The molecule has 1 aliphatic rings. The summed E-state index contributed by atoms with van der Waals surface area (Å²) in [6.45, 7) is 2.50. The third-order valence-electron chi connectivity index (χ3n) is 2.36. The summed E-state index contributed by atoms with van der Waals surface area (Å²) in [6, 6.07) is -0.162. The number of hydrogen-bond donors (Lipinski definition) is 1. The van der Waals surface area contributed by atoms with Gasteiger partial charge in [-0.05, 0) is 19.8 Å². The molecule has 1 N–H and O–H groups in total. The molecule has 0 aromatic rings. The average molecular weight is 185 g/mol. The monoisotopic (exact) mass is 185 g/mol. The van der Waals surface area contributed by atoms with E-state index in [-0.39, 0.29) is 18.4 Å². The quantitative estimate of drug-likeness (QED) is 0.709. The summed E-state index contributed by atoms with van der Waals surface area (Å²) >= 11 is 0. The Kier molecular flexibility index (Phi) is 3.28. The number of carbonyl (C=O) groups excluding carboxylic acids is 1. The number of aliphatic carboxylic acids is 1. The smallest absolute Gasteiger partial charge is 0.305 e. The van der Waals surface area contributed by atoms with E-state index in [0.717, 1.165) is 12.8 Å². The van der Waals surface area contributed by atoms with Gasteiger partial charge < -0.3 is 10.0 Å². The molecule has 1 rings (SSSR count). The maximum absolute atomic E-state index is 11.4. The normalized spacial score (nSPS) is 20.1. The maximum atomic E-state index is 11.4. The summed E-state index contributed by atoms with van der Waals surface area (Å²) in [6.07, 6.45) is 2.56. The first kappa shape index (κ1) is 10.0. The highest BCUT2D eigenvalue weighted by Crippen LogP contribution is 2.15. The lowest BCUT2D eigenvalue weighted by Gasteiger charge is -2.31. The number of nitrogens with zero attached hydrogens (tertiary/aromatic N) is 1. The van der Waals surface area contributed by atoms with E-state index < -0.39 is 5.97 Å². The largest absolute Gasteiger partial charge is 0.481 e. The lowest BCUT2D eigenvalue weighted by molar-refractivity contribution is -0.141. The van der Waals surface area contributed by atoms with Gasteiger partial charge in [0, 0.05) is 19.0 Å². The van der Waals surface area contributed by atoms with Crippen LogP contribution in [-0.2, 0) is 9.59 Å². The third-order valence-corrected chi connectivity index (χ3v) is 2.36. The molecule has 4 heteroatoms. The minimum Gasteiger partial charge on any atom is -0.481 e. The van der Waals surface area contributed by atoms with Crippen LogP contribution >= 0.6 is 0 Å². The minimum atomic E-state index is -0.842. The zero-order chi connectivity index (χ0) is 9.84. The van der Waals surface area contributed by atoms with Crippen molar-refractivity contribution < 1.29 is 14.7 Å². The number of amides is 1. The van der Waals surface area contributed by atoms with Crippen molar-refractivity contribution in [3.05, 3.63) is 0 Å². The fourth-order valence-corrected chi connectivity index (χ4v) is 1.66. The molecule has 0 bridgehead atoms. The van der Waals surface area contributed by atoms with Gasteiger partial charge in [0.2, 0.25) is 5.91 Å². The Bertz CT molecular complexity index is 215. The van der Waals surface area contributed by atoms with Crippen LogP contribution in [0.4, 0.5) is 0 Å². The fraction of sp³-hybridized carbons (Fsp3) is 0.778. The van der Waals surface area contributed by atoms with Gasteiger partial charge in [0.1, 0.15) is 0 Å². The first-order chi connectivity index (χ1) is 6.11. The number of carboxylic acids is 1. The summed E-state index contributed by atoms with van der Waals surface area (Å²) in [4.78, 5) is 23.4. The minimum absolute atomic E-state index is 0.0474. The Morgan fingerprint density at radius 3 is 2.85 bits per heavy atom. The Balaban J connectivity index is 2.48. The molecule has 1 fully saturated rings. The summed E-state index contributed by atoms with van der Waals surface area (Å²) in [5, 5.41) is 8.56. The second-order valence-electron chi connectivity index (χ2n) is 3.49. The molecule has 0 spiro atoms. The van der Waals surface area contributed by atoms with Crippen LogP contribution in [0, 0.1) is 0 Å². The predicted octanol–water partition coefficient (Wildman–Crippen LogP) is 0.862. The van der Waals surface area contributed by atoms with E-state index in [0.29, 0.717) is 13.0 Å². The highest BCUT2D eigenvalue weighted by molar-refractivity contribution is 5.78. The van der Waals surface area contributed by atoms with Crippen LogP contribution in [0.25, 0.3) is 0 Å². The molecule has 0 aromatic heterocycles. The van der Waals surface area contributed by atoms with Crippen LogP contribution in [0.2, 0.25) is 0 Å². The molecule has 1 saturated heterocycles. The molecule has 4 nitrogen and oxygen atoms in total. The van der Waals surface area contributed by atoms with Gasteiger partial charge in [-0.25, -0.2) is 0 Å². The van der Waals surface area contributed by atoms with Crippen molar-refractivity contribution in [3.8, 4) is 0 Å². The molecule has 0 radical (unpaired) electrons. The van der Waals surface area contributed by atoms with Gasteiger partial charge in [-0.2, -0.15) is 0 Å². The molecule has 74 valence electrons. The van der Waals surface area contributed by atoms with E-state index in [2.05, 4.69) is 0 Å². The Morgan fingerprint density at radius 2 is 2.31 bits per heavy atom. The number of carbonyl (C=O) groups is 2. The Labute approximate surface area is 77.5 Å². The average Bonchev–Trinajstić information content (AvgIpc) is 2.03. The van der Waals surface area contributed by atoms with Gasteiger partial charge in [-0.3, -0.25) is 9.59 Å². The molecular weight excluding hydrogens is 170 g/mol. The molecule has 1 heterocycles. The summed E-state index contributed by atoms with van der Waals surface area (Å²) < 4.78 is 0. The van der Waals surface area contributed by atoms with E-state index >= 15 is 0 Å². The van der Waals surface area contributed by atoms with Gasteiger partial charge in [0.25, 0.3) is 0 Å². The van der Waals surface area contributed by atoms with Crippen LogP contribution in [0.5, 0.6) is 0 Å². The zero-order valence-electron chi connectivity index (χ0n) is 7.82. The second-order valence-corrected chi connectivity index (χ2v) is 3.49. The van der Waals surface area contributed by atoms with Gasteiger partial charge in [0.05, 0.1) is 6.42 Å². The molecular formula is C9H15NO3. The number of likely N-dealkylation sites (tertiary alicyclic amines) is 1. The van der Waals surface area contributed by atoms with Crippen LogP contribution < -0.4 is 0 Å². The number of hydrogen-bond acceptors (Lipinski definition) is 2. The molecule has 13 heavy (non-hydrogen) atoms. The van der Waals surface area contributed by atoms with E-state index in [1.807, 2.05) is 0 Å². The van der Waals surface area contributed by atoms with E-state index in [1.165, 1.54) is 0 Å². The van der Waals surface area contributed by atoms with Crippen molar-refractivity contribution >= 4 is 11.9 Å². The lowest BCUT2D eigenvalue weighted by Crippen LogP contribution is -2.42. The second kappa shape index (κ2) is 4.25. The third kappa shape index (κ3) is 2.72. The van der Waals surface area contributed by atoms with Crippen molar-refractivity contribution in [2.45, 2.75) is 38.6 Å². The van der Waals surface area contributed by atoms with Crippen LogP contribution in [0.15, 0.2) is 0 Å². The standard InChI is InChI=1S/C9H15NO3/c1-7(6-9(12)13)10-5-3-2-4-8(10)11/h7H,2-6H2,1H3,(H,12,13)/t7-/m0/s1. The van der Waals surface area contributed by atoms with Crippen molar-refractivity contribution in [3.63, 3.8) is 0 Å². The molecule has 0 saturated carbocycles. The molecule has 1 amide bonds. The van der Waals surface area contributed by atoms with E-state index in [1.54, 1.807) is 11.8 Å². The molecule has 0 aromatic carbocycles. The van der Waals surface area contributed by atoms with Crippen molar-refractivity contribution in [2.75, 3.05) is 6.54 Å². The van der Waals surface area contributed by atoms with Crippen LogP contribution in [-0.4, -0.2) is 34.5 Å². The first-order valence-electron chi connectivity index (χ1n) is 4.62. The van der Waals surface area contributed by atoms with Gasteiger partial charge in [-0.1, -0.05) is 0 Å². The summed E-state index contributed by atoms with van der Waals surface area (Å²) in [5.74, 6) is -0.745. The van der Waals surface area contributed by atoms with Gasteiger partial charge in [-0.15, -0.1) is 0 Å². The summed E-state index contributed by atoms with van der Waals surface area (Å²) in [5.41, 5.74) is 0. The number of carboxylic acid groups (broad SMARTS) is 1. The Hall–Kier alpha value is -1.06. The van der Waals surface area contributed by atoms with Gasteiger partial charge in [0.15, 0.2) is 0 Å². The predicted molar refractivity (Wildman–Crippen MR) is 47.3 cm³/mol. The number of piperidine rings is 1. The van der Waals surface area contributed by atoms with E-state index in [9.17, 15) is 9.59 Å². The SMILES string of the molecule is C[C@@H](CC(=O)O)N1CCCCC1=O. The molecule has 1 aliphatic heterocycles. The zero-order valence-corrected chi connectivity index (χ0v) is 7.82. The van der Waals surface area contributed by atoms with Gasteiger partial charge >= 0.3 is 5.97 Å². The lowest BCUT2D eigenvalue weighted by atomic mass is 10.1. The van der Waals surface area contributed by atoms with Crippen LogP contribution in [0.3, 0.4) is 0 Å². The van der Waals surface area contributed by atoms with Crippen LogP contribution in [0.1, 0.15) is 32.6 Å². The number of rotatable bonds is 3.